The van der Waals surface area contributed by atoms with E-state index in [-0.39, 0.29) is 12.5 Å². The highest BCUT2D eigenvalue weighted by molar-refractivity contribution is 7.90. The summed E-state index contributed by atoms with van der Waals surface area (Å²) >= 11 is 0. The maximum atomic E-state index is 12.7. The molecule has 0 bridgehead atoms. The van der Waals surface area contributed by atoms with Gasteiger partial charge in [0.2, 0.25) is 10.0 Å². The van der Waals surface area contributed by atoms with E-state index in [2.05, 4.69) is 20.0 Å². The molecule has 9 nitrogen and oxygen atoms in total. The van der Waals surface area contributed by atoms with Gasteiger partial charge in [-0.15, -0.1) is 5.10 Å². The van der Waals surface area contributed by atoms with Crippen molar-refractivity contribution in [3.05, 3.63) is 17.8 Å². The third kappa shape index (κ3) is 2.79. The van der Waals surface area contributed by atoms with E-state index in [9.17, 15) is 13.2 Å². The monoisotopic (exact) mass is 338 g/mol. The van der Waals surface area contributed by atoms with Crippen LogP contribution in [0.1, 0.15) is 23.7 Å². The lowest BCUT2D eigenvalue weighted by Crippen LogP contribution is -2.37. The van der Waals surface area contributed by atoms with Crippen LogP contribution >= 0.6 is 0 Å². The highest BCUT2D eigenvalue weighted by Crippen LogP contribution is 2.21. The van der Waals surface area contributed by atoms with Gasteiger partial charge in [-0.05, 0) is 12.5 Å². The van der Waals surface area contributed by atoms with Crippen molar-refractivity contribution in [1.82, 2.24) is 29.6 Å². The van der Waals surface area contributed by atoms with Crippen LogP contribution in [0.3, 0.4) is 0 Å². The normalized spacial score (nSPS) is 18.7. The summed E-state index contributed by atoms with van der Waals surface area (Å²) in [6.45, 7) is 2.66. The van der Waals surface area contributed by atoms with Crippen LogP contribution in [0.2, 0.25) is 0 Å². The van der Waals surface area contributed by atoms with E-state index in [0.29, 0.717) is 36.2 Å². The molecule has 124 valence electrons. The number of likely N-dealkylation sites (tertiary alicyclic amines) is 1. The van der Waals surface area contributed by atoms with Crippen LogP contribution in [0.4, 0.5) is 0 Å². The Balaban J connectivity index is 1.84. The molecule has 3 heterocycles. The number of pyridine rings is 1. The van der Waals surface area contributed by atoms with Crippen molar-refractivity contribution in [2.45, 2.75) is 18.6 Å². The van der Waals surface area contributed by atoms with E-state index in [1.807, 2.05) is 0 Å². The van der Waals surface area contributed by atoms with Crippen LogP contribution in [0.15, 0.2) is 12.3 Å². The minimum atomic E-state index is -3.39. The molecule has 1 N–H and O–H groups in total. The van der Waals surface area contributed by atoms with Gasteiger partial charge in [0.15, 0.2) is 5.65 Å². The Morgan fingerprint density at radius 3 is 3.00 bits per heavy atom. The number of rotatable bonds is 4. The third-order valence-electron chi connectivity index (χ3n) is 3.94. The van der Waals surface area contributed by atoms with E-state index in [0.717, 1.165) is 0 Å². The number of aryl methyl sites for hydroxylation is 1. The first-order valence-electron chi connectivity index (χ1n) is 7.36. The summed E-state index contributed by atoms with van der Waals surface area (Å²) < 4.78 is 28.1. The molecule has 0 aliphatic carbocycles. The number of sulfonamides is 1. The topological polar surface area (TPSA) is 110 Å². The first kappa shape index (κ1) is 15.8. The summed E-state index contributed by atoms with van der Waals surface area (Å²) in [6, 6.07) is 1.59. The molecule has 0 radical (unpaired) electrons. The molecule has 1 aliphatic heterocycles. The molecule has 23 heavy (non-hydrogen) atoms. The molecule has 1 atom stereocenters. The summed E-state index contributed by atoms with van der Waals surface area (Å²) in [5, 5.41) is 7.27. The summed E-state index contributed by atoms with van der Waals surface area (Å²) in [4.78, 5) is 18.4. The van der Waals surface area contributed by atoms with Crippen LogP contribution in [-0.2, 0) is 17.1 Å². The second-order valence-electron chi connectivity index (χ2n) is 5.45. The van der Waals surface area contributed by atoms with E-state index < -0.39 is 15.3 Å². The fourth-order valence-corrected chi connectivity index (χ4v) is 4.19. The van der Waals surface area contributed by atoms with Crippen LogP contribution < -0.4 is 4.72 Å². The maximum Gasteiger partial charge on any atom is 0.256 e. The van der Waals surface area contributed by atoms with Gasteiger partial charge in [-0.25, -0.2) is 22.8 Å². The van der Waals surface area contributed by atoms with E-state index >= 15 is 0 Å². The minimum absolute atomic E-state index is 0.179. The van der Waals surface area contributed by atoms with Crippen molar-refractivity contribution in [2.24, 2.45) is 7.05 Å². The number of carbonyl (C=O) groups is 1. The number of aromatic nitrogens is 4. The molecular weight excluding hydrogens is 320 g/mol. The van der Waals surface area contributed by atoms with Crippen molar-refractivity contribution in [2.75, 3.05) is 19.6 Å². The van der Waals surface area contributed by atoms with Gasteiger partial charge in [0.25, 0.3) is 5.91 Å². The van der Waals surface area contributed by atoms with Crippen LogP contribution in [0, 0.1) is 0 Å². The quantitative estimate of drug-likeness (QED) is 0.806. The number of hydrogen-bond donors (Lipinski definition) is 1. The lowest BCUT2D eigenvalue weighted by Gasteiger charge is -2.17. The summed E-state index contributed by atoms with van der Waals surface area (Å²) in [6.07, 6.45) is 1.96. The zero-order valence-electron chi connectivity index (χ0n) is 12.9. The zero-order chi connectivity index (χ0) is 16.6. The molecule has 2 aromatic rings. The van der Waals surface area contributed by atoms with Gasteiger partial charge >= 0.3 is 0 Å². The average molecular weight is 338 g/mol. The Kier molecular flexibility index (Phi) is 4.02. The van der Waals surface area contributed by atoms with Gasteiger partial charge in [0.1, 0.15) is 5.52 Å². The lowest BCUT2D eigenvalue weighted by molar-refractivity contribution is 0.0795. The van der Waals surface area contributed by atoms with Gasteiger partial charge < -0.3 is 4.90 Å². The number of amides is 1. The van der Waals surface area contributed by atoms with E-state index in [1.165, 1.54) is 10.9 Å². The Bertz CT molecular complexity index is 847. The molecular formula is C13H18N6O3S. The molecule has 1 saturated heterocycles. The molecule has 10 heteroatoms. The predicted octanol–water partition coefficient (Wildman–Crippen LogP) is -0.483. The Morgan fingerprint density at radius 1 is 1.48 bits per heavy atom. The summed E-state index contributed by atoms with van der Waals surface area (Å²) in [5.41, 5.74) is 1.34. The molecule has 0 aromatic carbocycles. The molecule has 1 amide bonds. The molecule has 3 rings (SSSR count). The average Bonchev–Trinajstić information content (AvgIpc) is 3.14. The van der Waals surface area contributed by atoms with Crippen LogP contribution in [0.25, 0.3) is 11.2 Å². The number of hydrogen-bond acceptors (Lipinski definition) is 6. The number of nitrogens with zero attached hydrogens (tertiary/aromatic N) is 5. The lowest BCUT2D eigenvalue weighted by atomic mass is 10.2. The van der Waals surface area contributed by atoms with Crippen LogP contribution in [-0.4, -0.2) is 64.1 Å². The molecule has 1 aliphatic rings. The molecule has 0 saturated carbocycles. The van der Waals surface area contributed by atoms with Gasteiger partial charge in [0.05, 0.1) is 10.8 Å². The van der Waals surface area contributed by atoms with Crippen molar-refractivity contribution in [1.29, 1.82) is 0 Å². The molecule has 1 fully saturated rings. The Hall–Kier alpha value is -2.07. The highest BCUT2D eigenvalue weighted by atomic mass is 32.2. The van der Waals surface area contributed by atoms with E-state index in [1.54, 1.807) is 24.9 Å². The van der Waals surface area contributed by atoms with Crippen molar-refractivity contribution in [3.8, 4) is 0 Å². The van der Waals surface area contributed by atoms with Gasteiger partial charge in [-0.2, -0.15) is 0 Å². The second kappa shape index (κ2) is 5.85. The summed E-state index contributed by atoms with van der Waals surface area (Å²) in [5.74, 6) is -0.243. The smallest absolute Gasteiger partial charge is 0.256 e. The van der Waals surface area contributed by atoms with Crippen molar-refractivity contribution < 1.29 is 13.2 Å². The molecule has 1 unspecified atom stereocenters. The Labute approximate surface area is 133 Å². The third-order valence-corrected chi connectivity index (χ3v) is 5.89. The Morgan fingerprint density at radius 2 is 2.26 bits per heavy atom. The fraction of sp³-hybridized carbons (Fsp3) is 0.538. The maximum absolute atomic E-state index is 12.7. The van der Waals surface area contributed by atoms with Gasteiger partial charge in [0, 0.05) is 32.9 Å². The first-order chi connectivity index (χ1) is 10.9. The minimum Gasteiger partial charge on any atom is -0.337 e. The second-order valence-corrected chi connectivity index (χ2v) is 7.49. The number of nitrogens with one attached hydrogen (secondary N) is 1. The summed E-state index contributed by atoms with van der Waals surface area (Å²) in [7, 11) is -1.69. The van der Waals surface area contributed by atoms with Crippen molar-refractivity contribution in [3.63, 3.8) is 0 Å². The van der Waals surface area contributed by atoms with Crippen molar-refractivity contribution >= 4 is 27.1 Å². The number of fused-ring (bicyclic) bond motifs is 1. The largest absolute Gasteiger partial charge is 0.337 e. The SMILES string of the molecule is CCNS(=O)(=O)C1CCN(C(=O)c2ccnc3c2nnn3C)C1. The fourth-order valence-electron chi connectivity index (χ4n) is 2.76. The predicted molar refractivity (Wildman–Crippen MR) is 83.2 cm³/mol. The highest BCUT2D eigenvalue weighted by Gasteiger charge is 2.35. The van der Waals surface area contributed by atoms with Crippen LogP contribution in [0.5, 0.6) is 0 Å². The molecule has 0 spiro atoms. The zero-order valence-corrected chi connectivity index (χ0v) is 13.7. The number of carbonyl (C=O) groups excluding carboxylic acids is 1. The van der Waals surface area contributed by atoms with Gasteiger partial charge in [-0.3, -0.25) is 4.79 Å². The standard InChI is InChI=1S/C13H18N6O3S/c1-3-15-23(21,22)9-5-7-19(8-9)13(20)10-4-6-14-12-11(10)16-17-18(12)2/h4,6,9,15H,3,5,7-8H2,1-2H3. The first-order valence-corrected chi connectivity index (χ1v) is 8.91. The van der Waals surface area contributed by atoms with E-state index in [4.69, 9.17) is 0 Å². The van der Waals surface area contributed by atoms with Gasteiger partial charge in [-0.1, -0.05) is 12.1 Å². The molecule has 2 aromatic heterocycles.